The Hall–Kier alpha value is -3.32. The molecule has 0 amide bonds. The monoisotopic (exact) mass is 405 g/mol. The number of aromatic nitrogens is 3. The van der Waals surface area contributed by atoms with Crippen LogP contribution in [-0.4, -0.2) is 33.4 Å². The molecule has 0 fully saturated rings. The second-order valence-corrected chi connectivity index (χ2v) is 7.22. The van der Waals surface area contributed by atoms with E-state index in [1.807, 2.05) is 71.3 Å². The first kappa shape index (κ1) is 19.0. The van der Waals surface area contributed by atoms with Gasteiger partial charge in [0, 0.05) is 11.1 Å². The molecule has 0 aliphatic carbocycles. The van der Waals surface area contributed by atoms with Gasteiger partial charge in [0.25, 0.3) is 0 Å². The smallest absolute Gasteiger partial charge is 0.192 e. The first-order valence-electron chi connectivity index (χ1n) is 9.05. The van der Waals surface area contributed by atoms with Crippen molar-refractivity contribution in [2.75, 3.05) is 12.9 Å². The number of carbonyl (C=O) groups excluding carboxylic acids is 1. The number of ether oxygens (including phenoxy) is 1. The fourth-order valence-electron chi connectivity index (χ4n) is 2.89. The molecule has 0 saturated carbocycles. The van der Waals surface area contributed by atoms with Gasteiger partial charge in [0.1, 0.15) is 11.5 Å². The first-order chi connectivity index (χ1) is 14.2. The Morgan fingerprint density at radius 1 is 1.03 bits per heavy atom. The summed E-state index contributed by atoms with van der Waals surface area (Å²) in [6, 6.07) is 20.6. The van der Waals surface area contributed by atoms with Crippen molar-refractivity contribution in [2.45, 2.75) is 11.7 Å². The molecule has 0 saturated heterocycles. The van der Waals surface area contributed by atoms with Gasteiger partial charge in [0.15, 0.2) is 16.8 Å². The van der Waals surface area contributed by atoms with Crippen molar-refractivity contribution >= 4 is 17.5 Å². The number of carbonyl (C=O) groups is 1. The van der Waals surface area contributed by atoms with Crippen LogP contribution in [0.1, 0.15) is 16.1 Å². The second-order valence-electron chi connectivity index (χ2n) is 6.28. The third-order valence-electron chi connectivity index (χ3n) is 4.39. The summed E-state index contributed by atoms with van der Waals surface area (Å²) in [6.45, 7) is 0.475. The summed E-state index contributed by atoms with van der Waals surface area (Å²) in [4.78, 5) is 12.5. The van der Waals surface area contributed by atoms with Crippen molar-refractivity contribution in [1.29, 1.82) is 0 Å². The lowest BCUT2D eigenvalue weighted by molar-refractivity contribution is 0.102. The summed E-state index contributed by atoms with van der Waals surface area (Å²) >= 11 is 1.37. The van der Waals surface area contributed by atoms with Crippen LogP contribution in [0.4, 0.5) is 0 Å². The molecule has 0 atom stereocenters. The largest absolute Gasteiger partial charge is 0.497 e. The zero-order valence-electron chi connectivity index (χ0n) is 15.8. The number of nitrogens with zero attached hydrogens (tertiary/aromatic N) is 3. The number of rotatable bonds is 8. The van der Waals surface area contributed by atoms with Crippen molar-refractivity contribution < 1.29 is 13.9 Å². The van der Waals surface area contributed by atoms with E-state index in [-0.39, 0.29) is 11.5 Å². The van der Waals surface area contributed by atoms with E-state index >= 15 is 0 Å². The lowest BCUT2D eigenvalue weighted by Crippen LogP contribution is -2.06. The highest BCUT2D eigenvalue weighted by Gasteiger charge is 2.17. The Labute approximate surface area is 172 Å². The Morgan fingerprint density at radius 3 is 2.52 bits per heavy atom. The molecule has 7 heteroatoms. The number of thioether (sulfide) groups is 1. The number of hydrogen-bond donors (Lipinski definition) is 0. The normalized spacial score (nSPS) is 10.8. The number of hydrogen-bond acceptors (Lipinski definition) is 6. The third kappa shape index (κ3) is 4.41. The van der Waals surface area contributed by atoms with E-state index in [1.165, 1.54) is 11.8 Å². The minimum Gasteiger partial charge on any atom is -0.497 e. The van der Waals surface area contributed by atoms with Gasteiger partial charge in [0.2, 0.25) is 0 Å². The number of Topliss-reactive ketones (excluding diaryl/α,β-unsaturated/α-hetero) is 1. The lowest BCUT2D eigenvalue weighted by atomic mass is 10.2. The average molecular weight is 405 g/mol. The topological polar surface area (TPSA) is 70.2 Å². The first-order valence-corrected chi connectivity index (χ1v) is 10.0. The Morgan fingerprint density at radius 2 is 1.83 bits per heavy atom. The second kappa shape index (κ2) is 8.79. The minimum atomic E-state index is 0.0501. The molecule has 0 radical (unpaired) electrons. The molecule has 0 unspecified atom stereocenters. The lowest BCUT2D eigenvalue weighted by Gasteiger charge is -2.09. The molecular formula is C22H19N3O3S. The fraction of sp³-hybridized carbons (Fsp3) is 0.136. The molecule has 0 aliphatic heterocycles. The standard InChI is InChI=1S/C22H19N3O3S/c1-27-18-11-9-17(10-12-18)21-23-24-22(25(21)14-19-8-5-13-28-19)29-15-20(26)16-6-3-2-4-7-16/h2-13H,14-15H2,1H3. The van der Waals surface area contributed by atoms with E-state index in [9.17, 15) is 4.79 Å². The van der Waals surface area contributed by atoms with Gasteiger partial charge in [0.05, 0.1) is 25.7 Å². The van der Waals surface area contributed by atoms with Gasteiger partial charge in [-0.15, -0.1) is 10.2 Å². The number of methoxy groups -OCH3 is 1. The van der Waals surface area contributed by atoms with Gasteiger partial charge in [-0.05, 0) is 36.4 Å². The van der Waals surface area contributed by atoms with Crippen molar-refractivity contribution in [3.05, 3.63) is 84.3 Å². The van der Waals surface area contributed by atoms with Crippen LogP contribution in [0.25, 0.3) is 11.4 Å². The highest BCUT2D eigenvalue weighted by molar-refractivity contribution is 7.99. The van der Waals surface area contributed by atoms with Gasteiger partial charge in [-0.1, -0.05) is 42.1 Å². The van der Waals surface area contributed by atoms with Crippen LogP contribution >= 0.6 is 11.8 Å². The molecule has 0 bridgehead atoms. The highest BCUT2D eigenvalue weighted by atomic mass is 32.2. The SMILES string of the molecule is COc1ccc(-c2nnc(SCC(=O)c3ccccc3)n2Cc2ccco2)cc1. The highest BCUT2D eigenvalue weighted by Crippen LogP contribution is 2.27. The molecule has 29 heavy (non-hydrogen) atoms. The summed E-state index contributed by atoms with van der Waals surface area (Å²) < 4.78 is 12.7. The van der Waals surface area contributed by atoms with Gasteiger partial charge in [-0.25, -0.2) is 0 Å². The van der Waals surface area contributed by atoms with E-state index in [0.29, 0.717) is 23.1 Å². The average Bonchev–Trinajstić information content (AvgIpc) is 3.43. The molecule has 2 aromatic carbocycles. The van der Waals surface area contributed by atoms with Crippen LogP contribution in [0.3, 0.4) is 0 Å². The molecule has 0 N–H and O–H groups in total. The summed E-state index contributed by atoms with van der Waals surface area (Å²) in [5.41, 5.74) is 1.60. The maximum atomic E-state index is 12.5. The zero-order valence-corrected chi connectivity index (χ0v) is 16.6. The van der Waals surface area contributed by atoms with E-state index in [4.69, 9.17) is 9.15 Å². The Balaban J connectivity index is 1.60. The van der Waals surface area contributed by atoms with E-state index in [1.54, 1.807) is 13.4 Å². The van der Waals surface area contributed by atoms with Gasteiger partial charge in [-0.2, -0.15) is 0 Å². The predicted octanol–water partition coefficient (Wildman–Crippen LogP) is 4.57. The molecule has 146 valence electrons. The van der Waals surface area contributed by atoms with Crippen LogP contribution in [0.15, 0.2) is 82.6 Å². The molecule has 0 aliphatic rings. The van der Waals surface area contributed by atoms with E-state index < -0.39 is 0 Å². The molecule has 2 aromatic heterocycles. The molecular weight excluding hydrogens is 386 g/mol. The predicted molar refractivity (Wildman–Crippen MR) is 111 cm³/mol. The number of benzene rings is 2. The van der Waals surface area contributed by atoms with Gasteiger partial charge < -0.3 is 9.15 Å². The van der Waals surface area contributed by atoms with E-state index in [2.05, 4.69) is 10.2 Å². The van der Waals surface area contributed by atoms with Gasteiger partial charge in [-0.3, -0.25) is 9.36 Å². The number of ketones is 1. The molecule has 2 heterocycles. The van der Waals surface area contributed by atoms with Crippen LogP contribution in [0.2, 0.25) is 0 Å². The minimum absolute atomic E-state index is 0.0501. The molecule has 4 rings (SSSR count). The fourth-order valence-corrected chi connectivity index (χ4v) is 3.72. The van der Waals surface area contributed by atoms with Crippen LogP contribution in [-0.2, 0) is 6.54 Å². The maximum Gasteiger partial charge on any atom is 0.192 e. The third-order valence-corrected chi connectivity index (χ3v) is 5.35. The van der Waals surface area contributed by atoms with Crippen LogP contribution in [0, 0.1) is 0 Å². The Bertz CT molecular complexity index is 1070. The quantitative estimate of drug-likeness (QED) is 0.316. The number of furan rings is 1. The van der Waals surface area contributed by atoms with Crippen molar-refractivity contribution in [2.24, 2.45) is 0 Å². The van der Waals surface area contributed by atoms with Crippen LogP contribution < -0.4 is 4.74 Å². The maximum absolute atomic E-state index is 12.5. The summed E-state index contributed by atoms with van der Waals surface area (Å²) in [6.07, 6.45) is 1.64. The van der Waals surface area contributed by atoms with Crippen LogP contribution in [0.5, 0.6) is 5.75 Å². The van der Waals surface area contributed by atoms with Crippen molar-refractivity contribution in [3.63, 3.8) is 0 Å². The summed E-state index contributed by atoms with van der Waals surface area (Å²) in [5.74, 6) is 2.60. The molecule has 6 nitrogen and oxygen atoms in total. The Kier molecular flexibility index (Phi) is 5.76. The molecule has 4 aromatic rings. The van der Waals surface area contributed by atoms with Gasteiger partial charge >= 0.3 is 0 Å². The summed E-state index contributed by atoms with van der Waals surface area (Å²) in [5, 5.41) is 9.37. The zero-order chi connectivity index (χ0) is 20.1. The van der Waals surface area contributed by atoms with Crippen molar-refractivity contribution in [1.82, 2.24) is 14.8 Å². The summed E-state index contributed by atoms with van der Waals surface area (Å²) in [7, 11) is 1.63. The van der Waals surface area contributed by atoms with E-state index in [0.717, 1.165) is 17.1 Å². The van der Waals surface area contributed by atoms with Crippen molar-refractivity contribution in [3.8, 4) is 17.1 Å². The molecule has 0 spiro atoms.